The monoisotopic (exact) mass is 321 g/mol. The Balaban J connectivity index is 1.68. The second-order valence-electron chi connectivity index (χ2n) is 6.86. The van der Waals surface area contributed by atoms with Gasteiger partial charge in [0.25, 0.3) is 0 Å². The molecule has 3 rings (SSSR count). The van der Waals surface area contributed by atoms with Crippen LogP contribution < -0.4 is 0 Å². The quantitative estimate of drug-likeness (QED) is 0.718. The first-order chi connectivity index (χ1) is 11.7. The van der Waals surface area contributed by atoms with Crippen LogP contribution in [0.2, 0.25) is 0 Å². The van der Waals surface area contributed by atoms with Crippen molar-refractivity contribution in [2.75, 3.05) is 6.54 Å². The molecule has 0 unspecified atom stereocenters. The van der Waals surface area contributed by atoms with Crippen molar-refractivity contribution in [3.63, 3.8) is 0 Å². The molecule has 24 heavy (non-hydrogen) atoms. The van der Waals surface area contributed by atoms with Gasteiger partial charge in [0.2, 0.25) is 5.91 Å². The highest BCUT2D eigenvalue weighted by atomic mass is 16.2. The highest BCUT2D eigenvalue weighted by molar-refractivity contribution is 5.81. The molecule has 0 spiro atoms. The Hall–Kier alpha value is -2.09. The van der Waals surface area contributed by atoms with Crippen molar-refractivity contribution in [2.45, 2.75) is 45.1 Å². The minimum atomic E-state index is 0.167. The maximum Gasteiger partial charge on any atom is 0.226 e. The molecule has 1 aliphatic heterocycles. The molecule has 2 nitrogen and oxygen atoms in total. The lowest BCUT2D eigenvalue weighted by Gasteiger charge is -2.26. The number of amides is 1. The molecule has 1 aliphatic rings. The van der Waals surface area contributed by atoms with Crippen LogP contribution in [0.25, 0.3) is 0 Å². The molecule has 3 atom stereocenters. The second-order valence-corrected chi connectivity index (χ2v) is 6.86. The molecule has 1 heterocycles. The number of carbonyl (C=O) groups is 1. The standard InChI is InChI=1S/C22H27NO/c1-3-18(20-12-8-5-9-13-20)16-21-14-15-23(22(21)24)17(2)19-10-6-4-7-11-19/h4-13,17-18,21H,3,14-16H2,1-2H3/t17-,18+,21+/m0/s1. The number of hydrogen-bond donors (Lipinski definition) is 0. The second kappa shape index (κ2) is 7.65. The molecule has 0 radical (unpaired) electrons. The average Bonchev–Trinajstić information content (AvgIpc) is 3.01. The van der Waals surface area contributed by atoms with Crippen molar-refractivity contribution < 1.29 is 4.79 Å². The molecule has 0 saturated carbocycles. The zero-order valence-corrected chi connectivity index (χ0v) is 14.7. The van der Waals surface area contributed by atoms with Crippen molar-refractivity contribution in [1.29, 1.82) is 0 Å². The molecule has 2 aromatic rings. The number of likely N-dealkylation sites (tertiary alicyclic amines) is 1. The van der Waals surface area contributed by atoms with Crippen molar-refractivity contribution in [1.82, 2.24) is 4.90 Å². The minimum Gasteiger partial charge on any atom is -0.336 e. The van der Waals surface area contributed by atoms with Gasteiger partial charge in [-0.05, 0) is 43.2 Å². The molecule has 1 fully saturated rings. The Bertz CT molecular complexity index is 652. The Morgan fingerprint density at radius 1 is 1.00 bits per heavy atom. The summed E-state index contributed by atoms with van der Waals surface area (Å²) >= 11 is 0. The third kappa shape index (κ3) is 3.53. The van der Waals surface area contributed by atoms with E-state index < -0.39 is 0 Å². The first-order valence-corrected chi connectivity index (χ1v) is 9.11. The SMILES string of the molecule is CC[C@H](C[C@H]1CCN([C@@H](C)c2ccccc2)C1=O)c1ccccc1. The largest absolute Gasteiger partial charge is 0.336 e. The molecule has 2 heteroatoms. The summed E-state index contributed by atoms with van der Waals surface area (Å²) in [6.45, 7) is 5.25. The Morgan fingerprint density at radius 3 is 2.17 bits per heavy atom. The Labute approximate surface area is 145 Å². The van der Waals surface area contributed by atoms with Crippen LogP contribution in [0.1, 0.15) is 56.2 Å². The van der Waals surface area contributed by atoms with Gasteiger partial charge in [0.1, 0.15) is 0 Å². The van der Waals surface area contributed by atoms with Crippen LogP contribution in [0.5, 0.6) is 0 Å². The van der Waals surface area contributed by atoms with Crippen molar-refractivity contribution in [3.05, 3.63) is 71.8 Å². The summed E-state index contributed by atoms with van der Waals surface area (Å²) in [5.74, 6) is 0.981. The lowest BCUT2D eigenvalue weighted by molar-refractivity contribution is -0.133. The van der Waals surface area contributed by atoms with Gasteiger partial charge < -0.3 is 4.90 Å². The normalized spacial score (nSPS) is 20.2. The van der Waals surface area contributed by atoms with Gasteiger partial charge in [-0.25, -0.2) is 0 Å². The average molecular weight is 321 g/mol. The van der Waals surface area contributed by atoms with Crippen LogP contribution >= 0.6 is 0 Å². The summed E-state index contributed by atoms with van der Waals surface area (Å²) in [5, 5.41) is 0. The summed E-state index contributed by atoms with van der Waals surface area (Å²) in [4.78, 5) is 15.0. The van der Waals surface area contributed by atoms with Crippen molar-refractivity contribution >= 4 is 5.91 Å². The van der Waals surface area contributed by atoms with Gasteiger partial charge in [-0.15, -0.1) is 0 Å². The fraction of sp³-hybridized carbons (Fsp3) is 0.409. The van der Waals surface area contributed by atoms with E-state index in [1.807, 2.05) is 18.2 Å². The van der Waals surface area contributed by atoms with Gasteiger partial charge in [0.15, 0.2) is 0 Å². The van der Waals surface area contributed by atoms with Crippen LogP contribution in [0, 0.1) is 5.92 Å². The third-order valence-corrected chi connectivity index (χ3v) is 5.43. The number of hydrogen-bond acceptors (Lipinski definition) is 1. The zero-order valence-electron chi connectivity index (χ0n) is 14.7. The summed E-state index contributed by atoms with van der Waals surface area (Å²) in [7, 11) is 0. The maximum absolute atomic E-state index is 12.9. The molecular formula is C22H27NO. The van der Waals surface area contributed by atoms with Crippen LogP contribution in [0.4, 0.5) is 0 Å². The van der Waals surface area contributed by atoms with Crippen LogP contribution in [0.15, 0.2) is 60.7 Å². The van der Waals surface area contributed by atoms with E-state index in [0.29, 0.717) is 11.8 Å². The summed E-state index contributed by atoms with van der Waals surface area (Å²) < 4.78 is 0. The highest BCUT2D eigenvalue weighted by Crippen LogP contribution is 2.35. The third-order valence-electron chi connectivity index (χ3n) is 5.43. The topological polar surface area (TPSA) is 20.3 Å². The molecule has 1 amide bonds. The molecule has 0 aliphatic carbocycles. The summed E-state index contributed by atoms with van der Waals surface area (Å²) in [6.07, 6.45) is 3.04. The summed E-state index contributed by atoms with van der Waals surface area (Å²) in [5.41, 5.74) is 2.59. The van der Waals surface area contributed by atoms with E-state index in [1.165, 1.54) is 11.1 Å². The van der Waals surface area contributed by atoms with E-state index in [0.717, 1.165) is 25.8 Å². The van der Waals surface area contributed by atoms with E-state index in [2.05, 4.69) is 61.2 Å². The fourth-order valence-electron chi connectivity index (χ4n) is 3.88. The van der Waals surface area contributed by atoms with E-state index in [4.69, 9.17) is 0 Å². The van der Waals surface area contributed by atoms with E-state index in [1.54, 1.807) is 0 Å². The predicted octanol–water partition coefficient (Wildman–Crippen LogP) is 5.18. The van der Waals surface area contributed by atoms with Gasteiger partial charge >= 0.3 is 0 Å². The van der Waals surface area contributed by atoms with Crippen molar-refractivity contribution in [2.24, 2.45) is 5.92 Å². The van der Waals surface area contributed by atoms with Gasteiger partial charge in [0, 0.05) is 12.5 Å². The van der Waals surface area contributed by atoms with Gasteiger partial charge in [0.05, 0.1) is 6.04 Å². The number of rotatable bonds is 6. The van der Waals surface area contributed by atoms with Crippen LogP contribution in [-0.4, -0.2) is 17.4 Å². The molecular weight excluding hydrogens is 294 g/mol. The van der Waals surface area contributed by atoms with E-state index >= 15 is 0 Å². The molecule has 126 valence electrons. The lowest BCUT2D eigenvalue weighted by atomic mass is 9.86. The highest BCUT2D eigenvalue weighted by Gasteiger charge is 2.35. The van der Waals surface area contributed by atoms with Gasteiger partial charge in [-0.1, -0.05) is 67.6 Å². The maximum atomic E-state index is 12.9. The van der Waals surface area contributed by atoms with Crippen LogP contribution in [-0.2, 0) is 4.79 Å². The molecule has 0 bridgehead atoms. The van der Waals surface area contributed by atoms with Crippen LogP contribution in [0.3, 0.4) is 0 Å². The Morgan fingerprint density at radius 2 is 1.58 bits per heavy atom. The molecule has 2 aromatic carbocycles. The van der Waals surface area contributed by atoms with Gasteiger partial charge in [-0.2, -0.15) is 0 Å². The lowest BCUT2D eigenvalue weighted by Crippen LogP contribution is -2.30. The molecule has 1 saturated heterocycles. The first-order valence-electron chi connectivity index (χ1n) is 9.11. The summed E-state index contributed by atoms with van der Waals surface area (Å²) in [6, 6.07) is 21.1. The van der Waals surface area contributed by atoms with Crippen molar-refractivity contribution in [3.8, 4) is 0 Å². The molecule has 0 aromatic heterocycles. The minimum absolute atomic E-state index is 0.167. The number of carbonyl (C=O) groups excluding carboxylic acids is 1. The first kappa shape index (κ1) is 16.8. The van der Waals surface area contributed by atoms with E-state index in [9.17, 15) is 4.79 Å². The Kier molecular flexibility index (Phi) is 5.34. The zero-order chi connectivity index (χ0) is 16.9. The smallest absolute Gasteiger partial charge is 0.226 e. The van der Waals surface area contributed by atoms with Gasteiger partial charge in [-0.3, -0.25) is 4.79 Å². The predicted molar refractivity (Wildman–Crippen MR) is 98.8 cm³/mol. The fourth-order valence-corrected chi connectivity index (χ4v) is 3.88. The number of benzene rings is 2. The van der Waals surface area contributed by atoms with E-state index in [-0.39, 0.29) is 12.0 Å². The molecule has 0 N–H and O–H groups in total. The number of nitrogens with zero attached hydrogens (tertiary/aromatic N) is 1.